The van der Waals surface area contributed by atoms with Gasteiger partial charge >= 0.3 is 0 Å². The molecule has 0 fully saturated rings. The molecular formula is C13H14BrClN4O. The van der Waals surface area contributed by atoms with E-state index in [9.17, 15) is 4.79 Å². The molecule has 2 rings (SSSR count). The third kappa shape index (κ3) is 3.82. The minimum atomic E-state index is -0.189. The predicted octanol–water partition coefficient (Wildman–Crippen LogP) is 2.08. The minimum Gasteiger partial charge on any atom is -0.382 e. The summed E-state index contributed by atoms with van der Waals surface area (Å²) in [5.41, 5.74) is 6.71. The Hall–Kier alpha value is -1.37. The summed E-state index contributed by atoms with van der Waals surface area (Å²) in [6.45, 7) is 1.43. The number of nitrogens with two attached hydrogens (primary N) is 1. The Bertz CT molecular complexity index is 659. The number of halogens is 2. The first kappa shape index (κ1) is 15.0. The summed E-state index contributed by atoms with van der Waals surface area (Å²) in [5.74, 6) is 0. The molecule has 0 unspecified atom stereocenters. The SMILES string of the molecule is NCCNc1cnn(Cc2ccc(Br)cc2Cl)c(=O)c1. The highest BCUT2D eigenvalue weighted by atomic mass is 79.9. The van der Waals surface area contributed by atoms with Crippen LogP contribution in [0, 0.1) is 0 Å². The summed E-state index contributed by atoms with van der Waals surface area (Å²) in [7, 11) is 0. The van der Waals surface area contributed by atoms with Gasteiger partial charge in [0.15, 0.2) is 0 Å². The van der Waals surface area contributed by atoms with Crippen LogP contribution in [0.3, 0.4) is 0 Å². The number of aromatic nitrogens is 2. The molecule has 0 saturated carbocycles. The molecule has 0 aliphatic rings. The third-order valence-corrected chi connectivity index (χ3v) is 3.52. The lowest BCUT2D eigenvalue weighted by Gasteiger charge is -2.08. The first-order valence-corrected chi connectivity index (χ1v) is 7.22. The summed E-state index contributed by atoms with van der Waals surface area (Å²) in [6.07, 6.45) is 1.60. The Morgan fingerprint density at radius 3 is 2.85 bits per heavy atom. The quantitative estimate of drug-likeness (QED) is 0.859. The molecule has 2 aromatic rings. The van der Waals surface area contributed by atoms with Crippen LogP contribution in [0.25, 0.3) is 0 Å². The van der Waals surface area contributed by atoms with Crippen LogP contribution < -0.4 is 16.6 Å². The molecule has 1 aromatic carbocycles. The van der Waals surface area contributed by atoms with Crippen LogP contribution in [0.4, 0.5) is 5.69 Å². The van der Waals surface area contributed by atoms with Gasteiger partial charge in [0.2, 0.25) is 0 Å². The number of rotatable bonds is 5. The molecule has 0 spiro atoms. The summed E-state index contributed by atoms with van der Waals surface area (Å²) in [4.78, 5) is 12.0. The summed E-state index contributed by atoms with van der Waals surface area (Å²) >= 11 is 9.47. The molecule has 0 amide bonds. The lowest BCUT2D eigenvalue weighted by atomic mass is 10.2. The average molecular weight is 358 g/mol. The zero-order valence-corrected chi connectivity index (χ0v) is 13.0. The first-order valence-electron chi connectivity index (χ1n) is 6.05. The molecule has 0 aliphatic heterocycles. The van der Waals surface area contributed by atoms with Crippen LogP contribution in [0.5, 0.6) is 0 Å². The van der Waals surface area contributed by atoms with E-state index in [0.29, 0.717) is 30.3 Å². The molecule has 3 N–H and O–H groups in total. The van der Waals surface area contributed by atoms with Gasteiger partial charge < -0.3 is 11.1 Å². The maximum Gasteiger partial charge on any atom is 0.269 e. The molecule has 0 bridgehead atoms. The second kappa shape index (κ2) is 6.88. The number of hydrogen-bond donors (Lipinski definition) is 2. The normalized spacial score (nSPS) is 10.6. The van der Waals surface area contributed by atoms with E-state index in [0.717, 1.165) is 10.0 Å². The van der Waals surface area contributed by atoms with Crippen molar-refractivity contribution in [3.63, 3.8) is 0 Å². The summed E-state index contributed by atoms with van der Waals surface area (Å²) in [6, 6.07) is 7.03. The van der Waals surface area contributed by atoms with E-state index in [1.165, 1.54) is 10.7 Å². The lowest BCUT2D eigenvalue weighted by Crippen LogP contribution is -2.24. The molecule has 0 aliphatic carbocycles. The fraction of sp³-hybridized carbons (Fsp3) is 0.231. The molecule has 7 heteroatoms. The predicted molar refractivity (Wildman–Crippen MR) is 84.3 cm³/mol. The fourth-order valence-electron chi connectivity index (χ4n) is 1.68. The van der Waals surface area contributed by atoms with Crippen molar-refractivity contribution in [2.24, 2.45) is 5.73 Å². The molecule has 0 atom stereocenters. The van der Waals surface area contributed by atoms with Crippen LogP contribution >= 0.6 is 27.5 Å². The largest absolute Gasteiger partial charge is 0.382 e. The summed E-state index contributed by atoms with van der Waals surface area (Å²) in [5, 5.41) is 7.73. The maximum absolute atomic E-state index is 12.0. The second-order valence-corrected chi connectivity index (χ2v) is 5.51. The number of benzene rings is 1. The van der Waals surface area contributed by atoms with Crippen molar-refractivity contribution in [2.75, 3.05) is 18.4 Å². The lowest BCUT2D eigenvalue weighted by molar-refractivity contribution is 0.639. The molecule has 0 radical (unpaired) electrons. The van der Waals surface area contributed by atoms with E-state index in [1.54, 1.807) is 12.3 Å². The van der Waals surface area contributed by atoms with Gasteiger partial charge in [-0.05, 0) is 17.7 Å². The third-order valence-electron chi connectivity index (χ3n) is 2.68. The molecule has 20 heavy (non-hydrogen) atoms. The molecule has 0 saturated heterocycles. The van der Waals surface area contributed by atoms with E-state index in [1.807, 2.05) is 12.1 Å². The van der Waals surface area contributed by atoms with Crippen molar-refractivity contribution >= 4 is 33.2 Å². The number of nitrogens with one attached hydrogen (secondary N) is 1. The van der Waals surface area contributed by atoms with Gasteiger partial charge in [-0.1, -0.05) is 33.6 Å². The van der Waals surface area contributed by atoms with Crippen LogP contribution in [-0.2, 0) is 6.54 Å². The van der Waals surface area contributed by atoms with Gasteiger partial charge in [-0.25, -0.2) is 4.68 Å². The first-order chi connectivity index (χ1) is 9.60. The number of nitrogens with zero attached hydrogens (tertiary/aromatic N) is 2. The van der Waals surface area contributed by atoms with Crippen molar-refractivity contribution in [1.29, 1.82) is 0 Å². The van der Waals surface area contributed by atoms with E-state index in [4.69, 9.17) is 17.3 Å². The van der Waals surface area contributed by atoms with Crippen molar-refractivity contribution in [1.82, 2.24) is 9.78 Å². The Labute approximate surface area is 129 Å². The van der Waals surface area contributed by atoms with Crippen LogP contribution in [-0.4, -0.2) is 22.9 Å². The van der Waals surface area contributed by atoms with Crippen molar-refractivity contribution in [3.8, 4) is 0 Å². The number of anilines is 1. The monoisotopic (exact) mass is 356 g/mol. The van der Waals surface area contributed by atoms with Crippen molar-refractivity contribution in [3.05, 3.63) is 55.9 Å². The molecule has 1 heterocycles. The topological polar surface area (TPSA) is 72.9 Å². The van der Waals surface area contributed by atoms with Crippen LogP contribution in [0.1, 0.15) is 5.56 Å². The van der Waals surface area contributed by atoms with Gasteiger partial charge in [0, 0.05) is 28.7 Å². The van der Waals surface area contributed by atoms with Gasteiger partial charge in [-0.15, -0.1) is 0 Å². The van der Waals surface area contributed by atoms with Gasteiger partial charge in [0.05, 0.1) is 18.4 Å². The van der Waals surface area contributed by atoms with Crippen molar-refractivity contribution < 1.29 is 0 Å². The fourth-order valence-corrected chi connectivity index (χ4v) is 2.41. The Morgan fingerprint density at radius 2 is 2.20 bits per heavy atom. The smallest absolute Gasteiger partial charge is 0.269 e. The van der Waals surface area contributed by atoms with E-state index in [-0.39, 0.29) is 5.56 Å². The van der Waals surface area contributed by atoms with Gasteiger partial charge in [-0.2, -0.15) is 5.10 Å². The number of hydrogen-bond acceptors (Lipinski definition) is 4. The highest BCUT2D eigenvalue weighted by molar-refractivity contribution is 9.10. The maximum atomic E-state index is 12.0. The van der Waals surface area contributed by atoms with Crippen LogP contribution in [0.2, 0.25) is 5.02 Å². The van der Waals surface area contributed by atoms with Gasteiger partial charge in [0.25, 0.3) is 5.56 Å². The Kier molecular flexibility index (Phi) is 5.17. The van der Waals surface area contributed by atoms with E-state index < -0.39 is 0 Å². The standard InChI is InChI=1S/C13H14BrClN4O/c14-10-2-1-9(12(15)5-10)8-19-13(20)6-11(7-18-19)17-4-3-16/h1-2,5-7,17H,3-4,8,16H2. The molecule has 106 valence electrons. The van der Waals surface area contributed by atoms with Crippen molar-refractivity contribution in [2.45, 2.75) is 6.54 Å². The summed E-state index contributed by atoms with van der Waals surface area (Å²) < 4.78 is 2.26. The minimum absolute atomic E-state index is 0.189. The highest BCUT2D eigenvalue weighted by Crippen LogP contribution is 2.21. The Balaban J connectivity index is 2.19. The van der Waals surface area contributed by atoms with Gasteiger partial charge in [-0.3, -0.25) is 4.79 Å². The van der Waals surface area contributed by atoms with Crippen LogP contribution in [0.15, 0.2) is 39.7 Å². The van der Waals surface area contributed by atoms with Gasteiger partial charge in [0.1, 0.15) is 0 Å². The Morgan fingerprint density at radius 1 is 1.40 bits per heavy atom. The second-order valence-electron chi connectivity index (χ2n) is 4.19. The molecule has 1 aromatic heterocycles. The zero-order chi connectivity index (χ0) is 14.5. The van der Waals surface area contributed by atoms with E-state index in [2.05, 4.69) is 26.3 Å². The average Bonchev–Trinajstić information content (AvgIpc) is 2.42. The van der Waals surface area contributed by atoms with E-state index >= 15 is 0 Å². The molecular weight excluding hydrogens is 344 g/mol. The highest BCUT2D eigenvalue weighted by Gasteiger charge is 2.05. The zero-order valence-electron chi connectivity index (χ0n) is 10.6. The molecule has 5 nitrogen and oxygen atoms in total.